The van der Waals surface area contributed by atoms with Crippen molar-refractivity contribution in [1.29, 1.82) is 0 Å². The van der Waals surface area contributed by atoms with Gasteiger partial charge in [0.05, 0.1) is 18.9 Å². The van der Waals surface area contributed by atoms with Gasteiger partial charge in [0.15, 0.2) is 0 Å². The third kappa shape index (κ3) is 5.22. The average Bonchev–Trinajstić information content (AvgIpc) is 2.69. The lowest BCUT2D eigenvalue weighted by atomic mass is 10.5. The number of rotatable bonds is 8. The number of thiazole rings is 1. The molecular formula is C10H18N2O2S. The van der Waals surface area contributed by atoms with Crippen LogP contribution >= 0.6 is 11.3 Å². The van der Waals surface area contributed by atoms with Gasteiger partial charge in [-0.15, -0.1) is 11.3 Å². The molecule has 0 bridgehead atoms. The Bertz CT molecular complexity index is 266. The minimum Gasteiger partial charge on any atom is -0.383 e. The van der Waals surface area contributed by atoms with Crippen LogP contribution in [0.4, 0.5) is 0 Å². The van der Waals surface area contributed by atoms with Gasteiger partial charge in [0, 0.05) is 32.2 Å². The summed E-state index contributed by atoms with van der Waals surface area (Å²) in [5.74, 6) is 0. The second kappa shape index (κ2) is 7.76. The molecule has 0 radical (unpaired) electrons. The van der Waals surface area contributed by atoms with E-state index >= 15 is 0 Å². The molecule has 1 aromatic rings. The molecule has 0 amide bonds. The van der Waals surface area contributed by atoms with Gasteiger partial charge in [-0.05, 0) is 6.92 Å². The van der Waals surface area contributed by atoms with E-state index in [0.717, 1.165) is 37.0 Å². The molecule has 4 nitrogen and oxygen atoms in total. The van der Waals surface area contributed by atoms with E-state index in [1.165, 1.54) is 0 Å². The fourth-order valence-electron chi connectivity index (χ4n) is 1.08. The molecule has 0 unspecified atom stereocenters. The van der Waals surface area contributed by atoms with Crippen LogP contribution in [-0.4, -0.2) is 31.9 Å². The molecule has 0 aliphatic carbocycles. The monoisotopic (exact) mass is 230 g/mol. The molecule has 0 saturated carbocycles. The molecule has 1 heterocycles. The van der Waals surface area contributed by atoms with Crippen molar-refractivity contribution < 1.29 is 9.47 Å². The second-order valence-electron chi connectivity index (χ2n) is 3.04. The maximum atomic E-state index is 5.28. The first kappa shape index (κ1) is 12.6. The standard InChI is InChI=1S/C10H18N2O2S/c1-3-14-7-10-12-9(8-15-10)6-11-4-5-13-2/h8,11H,3-7H2,1-2H3. The van der Waals surface area contributed by atoms with E-state index in [0.29, 0.717) is 6.61 Å². The summed E-state index contributed by atoms with van der Waals surface area (Å²) >= 11 is 1.65. The summed E-state index contributed by atoms with van der Waals surface area (Å²) in [6.07, 6.45) is 0. The van der Waals surface area contributed by atoms with Crippen molar-refractivity contribution in [2.24, 2.45) is 0 Å². The molecule has 0 spiro atoms. The van der Waals surface area contributed by atoms with Crippen LogP contribution < -0.4 is 5.32 Å². The molecule has 15 heavy (non-hydrogen) atoms. The molecule has 0 aliphatic heterocycles. The van der Waals surface area contributed by atoms with Gasteiger partial charge in [-0.2, -0.15) is 0 Å². The van der Waals surface area contributed by atoms with Gasteiger partial charge in [0.25, 0.3) is 0 Å². The lowest BCUT2D eigenvalue weighted by Gasteiger charge is -2.00. The molecule has 0 aromatic carbocycles. The number of aromatic nitrogens is 1. The minimum atomic E-state index is 0.624. The van der Waals surface area contributed by atoms with Gasteiger partial charge in [-0.1, -0.05) is 0 Å². The average molecular weight is 230 g/mol. The Labute approximate surface area is 94.6 Å². The van der Waals surface area contributed by atoms with Crippen molar-refractivity contribution in [3.8, 4) is 0 Å². The van der Waals surface area contributed by atoms with E-state index in [9.17, 15) is 0 Å². The summed E-state index contributed by atoms with van der Waals surface area (Å²) in [4.78, 5) is 4.44. The van der Waals surface area contributed by atoms with E-state index in [1.54, 1.807) is 18.4 Å². The van der Waals surface area contributed by atoms with Gasteiger partial charge < -0.3 is 14.8 Å². The fraction of sp³-hybridized carbons (Fsp3) is 0.700. The van der Waals surface area contributed by atoms with Crippen molar-refractivity contribution in [1.82, 2.24) is 10.3 Å². The van der Waals surface area contributed by atoms with E-state index in [1.807, 2.05) is 6.92 Å². The number of ether oxygens (including phenoxy) is 2. The van der Waals surface area contributed by atoms with Crippen molar-refractivity contribution in [2.45, 2.75) is 20.1 Å². The zero-order chi connectivity index (χ0) is 10.9. The van der Waals surface area contributed by atoms with Crippen LogP contribution in [0.3, 0.4) is 0 Å². The van der Waals surface area contributed by atoms with Crippen LogP contribution in [0.25, 0.3) is 0 Å². The molecule has 0 atom stereocenters. The largest absolute Gasteiger partial charge is 0.383 e. The molecule has 86 valence electrons. The van der Waals surface area contributed by atoms with Crippen LogP contribution in [0.15, 0.2) is 5.38 Å². The number of nitrogens with one attached hydrogen (secondary N) is 1. The maximum absolute atomic E-state index is 5.28. The zero-order valence-corrected chi connectivity index (χ0v) is 10.1. The predicted molar refractivity (Wildman–Crippen MR) is 61.0 cm³/mol. The van der Waals surface area contributed by atoms with E-state index in [4.69, 9.17) is 9.47 Å². The highest BCUT2D eigenvalue weighted by molar-refractivity contribution is 7.09. The summed E-state index contributed by atoms with van der Waals surface area (Å²) in [6.45, 7) is 5.73. The second-order valence-corrected chi connectivity index (χ2v) is 3.98. The molecule has 1 aromatic heterocycles. The summed E-state index contributed by atoms with van der Waals surface area (Å²) in [6, 6.07) is 0. The molecule has 5 heteroatoms. The Hall–Kier alpha value is -0.490. The van der Waals surface area contributed by atoms with Crippen molar-refractivity contribution in [2.75, 3.05) is 26.9 Å². The molecular weight excluding hydrogens is 212 g/mol. The number of methoxy groups -OCH3 is 1. The lowest BCUT2D eigenvalue weighted by Crippen LogP contribution is -2.18. The summed E-state index contributed by atoms with van der Waals surface area (Å²) in [5.41, 5.74) is 1.07. The smallest absolute Gasteiger partial charge is 0.119 e. The van der Waals surface area contributed by atoms with Gasteiger partial charge in [-0.25, -0.2) is 4.98 Å². The summed E-state index contributed by atoms with van der Waals surface area (Å²) in [7, 11) is 1.70. The van der Waals surface area contributed by atoms with Gasteiger partial charge in [-0.3, -0.25) is 0 Å². The first-order chi connectivity index (χ1) is 7.36. The van der Waals surface area contributed by atoms with Gasteiger partial charge in [0.2, 0.25) is 0 Å². The Morgan fingerprint density at radius 3 is 3.13 bits per heavy atom. The highest BCUT2D eigenvalue weighted by atomic mass is 32.1. The Morgan fingerprint density at radius 2 is 2.40 bits per heavy atom. The third-order valence-electron chi connectivity index (χ3n) is 1.82. The third-order valence-corrected chi connectivity index (χ3v) is 2.69. The summed E-state index contributed by atoms with van der Waals surface area (Å²) < 4.78 is 10.2. The van der Waals surface area contributed by atoms with Crippen molar-refractivity contribution in [3.63, 3.8) is 0 Å². The number of hydrogen-bond donors (Lipinski definition) is 1. The minimum absolute atomic E-state index is 0.624. The van der Waals surface area contributed by atoms with Crippen LogP contribution in [0.5, 0.6) is 0 Å². The summed E-state index contributed by atoms with van der Waals surface area (Å²) in [5, 5.41) is 6.36. The normalized spacial score (nSPS) is 10.8. The first-order valence-electron chi connectivity index (χ1n) is 5.07. The topological polar surface area (TPSA) is 43.4 Å². The van der Waals surface area contributed by atoms with Crippen molar-refractivity contribution in [3.05, 3.63) is 16.1 Å². The van der Waals surface area contributed by atoms with Crippen LogP contribution in [0, 0.1) is 0 Å². The molecule has 0 saturated heterocycles. The van der Waals surface area contributed by atoms with Gasteiger partial charge >= 0.3 is 0 Å². The van der Waals surface area contributed by atoms with E-state index in [-0.39, 0.29) is 0 Å². The Morgan fingerprint density at radius 1 is 1.53 bits per heavy atom. The first-order valence-corrected chi connectivity index (χ1v) is 5.95. The fourth-order valence-corrected chi connectivity index (χ4v) is 1.81. The highest BCUT2D eigenvalue weighted by Gasteiger charge is 2.01. The van der Waals surface area contributed by atoms with Crippen LogP contribution in [0.2, 0.25) is 0 Å². The molecule has 1 N–H and O–H groups in total. The SMILES string of the molecule is CCOCc1nc(CNCCOC)cs1. The lowest BCUT2D eigenvalue weighted by molar-refractivity contribution is 0.133. The quantitative estimate of drug-likeness (QED) is 0.686. The van der Waals surface area contributed by atoms with Crippen LogP contribution in [0.1, 0.15) is 17.6 Å². The highest BCUT2D eigenvalue weighted by Crippen LogP contribution is 2.10. The zero-order valence-electron chi connectivity index (χ0n) is 9.28. The van der Waals surface area contributed by atoms with E-state index in [2.05, 4.69) is 15.7 Å². The molecule has 1 rings (SSSR count). The predicted octanol–water partition coefficient (Wildman–Crippen LogP) is 1.42. The van der Waals surface area contributed by atoms with Crippen LogP contribution in [-0.2, 0) is 22.6 Å². The van der Waals surface area contributed by atoms with Crippen molar-refractivity contribution >= 4 is 11.3 Å². The number of hydrogen-bond acceptors (Lipinski definition) is 5. The number of nitrogens with zero attached hydrogens (tertiary/aromatic N) is 1. The maximum Gasteiger partial charge on any atom is 0.119 e. The molecule has 0 fully saturated rings. The van der Waals surface area contributed by atoms with E-state index < -0.39 is 0 Å². The Kier molecular flexibility index (Phi) is 6.50. The Balaban J connectivity index is 2.20. The molecule has 0 aliphatic rings. The van der Waals surface area contributed by atoms with Gasteiger partial charge in [0.1, 0.15) is 5.01 Å².